The van der Waals surface area contributed by atoms with Gasteiger partial charge in [-0.15, -0.1) is 0 Å². The Balaban J connectivity index is 2.04. The molecule has 1 aliphatic heterocycles. The molecule has 1 fully saturated rings. The highest BCUT2D eigenvalue weighted by Crippen LogP contribution is 2.07. The second-order valence-electron chi connectivity index (χ2n) is 5.36. The third kappa shape index (κ3) is 5.83. The fourth-order valence-corrected chi connectivity index (χ4v) is 2.16. The van der Waals surface area contributed by atoms with Crippen molar-refractivity contribution in [2.24, 2.45) is 11.7 Å². The summed E-state index contributed by atoms with van der Waals surface area (Å²) in [6.45, 7) is 13.0. The molecule has 1 rings (SSSR count). The van der Waals surface area contributed by atoms with E-state index in [0.29, 0.717) is 0 Å². The van der Waals surface area contributed by atoms with Crippen LogP contribution in [0.2, 0.25) is 0 Å². The van der Waals surface area contributed by atoms with Gasteiger partial charge in [-0.05, 0) is 44.8 Å². The van der Waals surface area contributed by atoms with Gasteiger partial charge in [0, 0.05) is 26.2 Å². The molecule has 1 saturated heterocycles. The predicted octanol–water partition coefficient (Wildman–Crippen LogP) is 1.39. The summed E-state index contributed by atoms with van der Waals surface area (Å²) < 4.78 is 0. The van der Waals surface area contributed by atoms with Crippen LogP contribution < -0.4 is 5.73 Å². The molecular weight excluding hydrogens is 198 g/mol. The minimum Gasteiger partial charge on any atom is -0.330 e. The molecule has 0 aromatic rings. The number of hydrogen-bond donors (Lipinski definition) is 1. The van der Waals surface area contributed by atoms with Crippen LogP contribution in [0, 0.1) is 5.92 Å². The maximum Gasteiger partial charge on any atom is 0.0110 e. The number of piperazine rings is 1. The lowest BCUT2D eigenvalue weighted by molar-refractivity contribution is 0.127. The average molecular weight is 227 g/mol. The van der Waals surface area contributed by atoms with Crippen LogP contribution in [0.4, 0.5) is 0 Å². The van der Waals surface area contributed by atoms with Gasteiger partial charge in [0.05, 0.1) is 0 Å². The summed E-state index contributed by atoms with van der Waals surface area (Å²) in [5, 5.41) is 0. The van der Waals surface area contributed by atoms with E-state index in [0.717, 1.165) is 12.5 Å². The number of nitrogens with zero attached hydrogens (tertiary/aromatic N) is 2. The Morgan fingerprint density at radius 1 is 0.938 bits per heavy atom. The fraction of sp³-hybridized carbons (Fsp3) is 1.00. The molecule has 0 spiro atoms. The molecule has 0 aromatic carbocycles. The normalized spacial score (nSPS) is 19.5. The summed E-state index contributed by atoms with van der Waals surface area (Å²) in [5.41, 5.74) is 5.51. The summed E-state index contributed by atoms with van der Waals surface area (Å²) in [7, 11) is 0. The molecule has 0 radical (unpaired) electrons. The van der Waals surface area contributed by atoms with Gasteiger partial charge >= 0.3 is 0 Å². The quantitative estimate of drug-likeness (QED) is 0.667. The zero-order chi connectivity index (χ0) is 11.8. The first kappa shape index (κ1) is 13.9. The second-order valence-corrected chi connectivity index (χ2v) is 5.36. The largest absolute Gasteiger partial charge is 0.330 e. The molecule has 1 aliphatic rings. The van der Waals surface area contributed by atoms with Crippen molar-refractivity contribution in [3.05, 3.63) is 0 Å². The molecule has 0 unspecified atom stereocenters. The first-order valence-corrected chi connectivity index (χ1v) is 6.87. The number of nitrogens with two attached hydrogens (primary N) is 1. The van der Waals surface area contributed by atoms with E-state index in [1.807, 2.05) is 0 Å². The van der Waals surface area contributed by atoms with Crippen molar-refractivity contribution >= 4 is 0 Å². The van der Waals surface area contributed by atoms with Crippen molar-refractivity contribution in [1.29, 1.82) is 0 Å². The highest BCUT2D eigenvalue weighted by Gasteiger charge is 2.15. The molecule has 3 nitrogen and oxygen atoms in total. The van der Waals surface area contributed by atoms with Crippen LogP contribution in [0.5, 0.6) is 0 Å². The molecule has 2 N–H and O–H groups in total. The number of unbranched alkanes of at least 4 members (excludes halogenated alkanes) is 1. The van der Waals surface area contributed by atoms with Crippen molar-refractivity contribution in [3.8, 4) is 0 Å². The number of hydrogen-bond acceptors (Lipinski definition) is 3. The van der Waals surface area contributed by atoms with Crippen molar-refractivity contribution in [2.75, 3.05) is 45.8 Å². The van der Waals surface area contributed by atoms with Gasteiger partial charge in [0.15, 0.2) is 0 Å². The molecule has 0 atom stereocenters. The van der Waals surface area contributed by atoms with Crippen LogP contribution in [0.15, 0.2) is 0 Å². The van der Waals surface area contributed by atoms with E-state index in [4.69, 9.17) is 5.73 Å². The third-order valence-electron chi connectivity index (χ3n) is 3.42. The molecule has 0 bridgehead atoms. The Bertz CT molecular complexity index is 163. The highest BCUT2D eigenvalue weighted by molar-refractivity contribution is 4.72. The van der Waals surface area contributed by atoms with Gasteiger partial charge in [0.2, 0.25) is 0 Å². The lowest BCUT2D eigenvalue weighted by atomic mass is 10.1. The van der Waals surface area contributed by atoms with Crippen molar-refractivity contribution in [3.63, 3.8) is 0 Å². The van der Waals surface area contributed by atoms with E-state index in [9.17, 15) is 0 Å². The Morgan fingerprint density at radius 3 is 2.00 bits per heavy atom. The summed E-state index contributed by atoms with van der Waals surface area (Å²) in [6, 6.07) is 0. The van der Waals surface area contributed by atoms with E-state index < -0.39 is 0 Å². The van der Waals surface area contributed by atoms with Crippen LogP contribution in [0.25, 0.3) is 0 Å². The molecule has 1 heterocycles. The van der Waals surface area contributed by atoms with Crippen LogP contribution in [0.1, 0.15) is 33.1 Å². The number of rotatable bonds is 7. The Kier molecular flexibility index (Phi) is 7.01. The predicted molar refractivity (Wildman–Crippen MR) is 70.6 cm³/mol. The van der Waals surface area contributed by atoms with Gasteiger partial charge < -0.3 is 15.5 Å². The summed E-state index contributed by atoms with van der Waals surface area (Å²) in [6.07, 6.45) is 3.78. The lowest BCUT2D eigenvalue weighted by Crippen LogP contribution is -2.46. The van der Waals surface area contributed by atoms with Crippen LogP contribution in [-0.2, 0) is 0 Å². The molecule has 0 amide bonds. The van der Waals surface area contributed by atoms with Crippen molar-refractivity contribution < 1.29 is 0 Å². The summed E-state index contributed by atoms with van der Waals surface area (Å²) in [5.74, 6) is 0.836. The maximum atomic E-state index is 5.51. The van der Waals surface area contributed by atoms with Crippen LogP contribution in [-0.4, -0.2) is 55.6 Å². The lowest BCUT2D eigenvalue weighted by Gasteiger charge is -2.35. The van der Waals surface area contributed by atoms with Crippen LogP contribution >= 0.6 is 0 Å². The van der Waals surface area contributed by atoms with Gasteiger partial charge in [0.25, 0.3) is 0 Å². The first-order chi connectivity index (χ1) is 7.72. The molecule has 3 heteroatoms. The minimum absolute atomic E-state index is 0.836. The van der Waals surface area contributed by atoms with Gasteiger partial charge in [-0.1, -0.05) is 13.8 Å². The van der Waals surface area contributed by atoms with E-state index in [-0.39, 0.29) is 0 Å². The molecule has 96 valence electrons. The van der Waals surface area contributed by atoms with Crippen molar-refractivity contribution in [2.45, 2.75) is 33.1 Å². The first-order valence-electron chi connectivity index (χ1n) is 6.87. The molecule has 0 saturated carbocycles. The third-order valence-corrected chi connectivity index (χ3v) is 3.42. The molecule has 0 aliphatic carbocycles. The second kappa shape index (κ2) is 8.04. The van der Waals surface area contributed by atoms with E-state index in [1.54, 1.807) is 0 Å². The molecule has 0 aromatic heterocycles. The zero-order valence-electron chi connectivity index (χ0n) is 11.1. The average Bonchev–Trinajstić information content (AvgIpc) is 2.28. The molecule has 16 heavy (non-hydrogen) atoms. The van der Waals surface area contributed by atoms with E-state index in [1.165, 1.54) is 58.5 Å². The minimum atomic E-state index is 0.836. The Morgan fingerprint density at radius 2 is 1.50 bits per heavy atom. The SMILES string of the molecule is CC(C)CCN1CCN(CCCCN)CC1. The van der Waals surface area contributed by atoms with E-state index >= 15 is 0 Å². The molecular formula is C13H29N3. The Labute approximate surface area is 101 Å². The standard InChI is InChI=1S/C13H29N3/c1-13(2)5-8-16-11-9-15(10-12-16)7-4-3-6-14/h13H,3-12,14H2,1-2H3. The monoisotopic (exact) mass is 227 g/mol. The van der Waals surface area contributed by atoms with Crippen LogP contribution in [0.3, 0.4) is 0 Å². The maximum absolute atomic E-state index is 5.51. The van der Waals surface area contributed by atoms with Crippen molar-refractivity contribution in [1.82, 2.24) is 9.80 Å². The summed E-state index contributed by atoms with van der Waals surface area (Å²) >= 11 is 0. The van der Waals surface area contributed by atoms with Gasteiger partial charge in [-0.2, -0.15) is 0 Å². The summed E-state index contributed by atoms with van der Waals surface area (Å²) in [4.78, 5) is 5.20. The Hall–Kier alpha value is -0.120. The van der Waals surface area contributed by atoms with Gasteiger partial charge in [-0.25, -0.2) is 0 Å². The van der Waals surface area contributed by atoms with Gasteiger partial charge in [-0.3, -0.25) is 0 Å². The topological polar surface area (TPSA) is 32.5 Å². The zero-order valence-corrected chi connectivity index (χ0v) is 11.1. The fourth-order valence-electron chi connectivity index (χ4n) is 2.16. The smallest absolute Gasteiger partial charge is 0.0110 e. The van der Waals surface area contributed by atoms with Gasteiger partial charge in [0.1, 0.15) is 0 Å². The highest BCUT2D eigenvalue weighted by atomic mass is 15.3. The van der Waals surface area contributed by atoms with E-state index in [2.05, 4.69) is 23.6 Å².